The van der Waals surface area contributed by atoms with Gasteiger partial charge in [-0.25, -0.2) is 4.39 Å². The topological polar surface area (TPSA) is 45.9 Å². The van der Waals surface area contributed by atoms with Crippen molar-refractivity contribution in [3.8, 4) is 5.75 Å². The van der Waals surface area contributed by atoms with E-state index in [9.17, 15) is 9.18 Å². The van der Waals surface area contributed by atoms with Gasteiger partial charge in [0, 0.05) is 31.7 Å². The number of carbonyl (C=O) groups is 1. The van der Waals surface area contributed by atoms with Crippen molar-refractivity contribution in [1.82, 2.24) is 9.80 Å². The highest BCUT2D eigenvalue weighted by Crippen LogP contribution is 2.20. The molecule has 1 aliphatic heterocycles. The van der Waals surface area contributed by atoms with Gasteiger partial charge in [-0.15, -0.1) is 0 Å². The molecule has 0 bridgehead atoms. The SMILES string of the molecule is COc1ccc(C(=O)N2CCCN(Cc3cc(C)c(C)o3)CC2)cc1F. The Bertz CT molecular complexity index is 768. The summed E-state index contributed by atoms with van der Waals surface area (Å²) in [6, 6.07) is 6.43. The number of methoxy groups -OCH3 is 1. The van der Waals surface area contributed by atoms with E-state index >= 15 is 0 Å². The Morgan fingerprint density at radius 2 is 2.00 bits per heavy atom. The van der Waals surface area contributed by atoms with Crippen molar-refractivity contribution < 1.29 is 18.3 Å². The number of nitrogens with zero attached hydrogens (tertiary/aromatic N) is 2. The third kappa shape index (κ3) is 4.07. The fourth-order valence-corrected chi connectivity index (χ4v) is 3.26. The summed E-state index contributed by atoms with van der Waals surface area (Å²) in [5, 5.41) is 0. The van der Waals surface area contributed by atoms with E-state index in [-0.39, 0.29) is 11.7 Å². The van der Waals surface area contributed by atoms with Gasteiger partial charge >= 0.3 is 0 Å². The van der Waals surface area contributed by atoms with Gasteiger partial charge in [0.15, 0.2) is 11.6 Å². The van der Waals surface area contributed by atoms with Crippen LogP contribution in [0.25, 0.3) is 0 Å². The summed E-state index contributed by atoms with van der Waals surface area (Å²) in [4.78, 5) is 16.8. The van der Waals surface area contributed by atoms with Crippen LogP contribution in [0.15, 0.2) is 28.7 Å². The monoisotopic (exact) mass is 360 g/mol. The number of aryl methyl sites for hydroxylation is 2. The molecule has 3 rings (SSSR count). The van der Waals surface area contributed by atoms with Gasteiger partial charge in [-0.2, -0.15) is 0 Å². The number of benzene rings is 1. The third-order valence-electron chi connectivity index (χ3n) is 4.87. The normalized spacial score (nSPS) is 15.8. The van der Waals surface area contributed by atoms with Crippen LogP contribution in [-0.4, -0.2) is 49.0 Å². The number of furan rings is 1. The van der Waals surface area contributed by atoms with Crippen LogP contribution >= 0.6 is 0 Å². The van der Waals surface area contributed by atoms with E-state index in [2.05, 4.69) is 11.0 Å². The van der Waals surface area contributed by atoms with Gasteiger partial charge < -0.3 is 14.1 Å². The molecule has 0 aliphatic carbocycles. The van der Waals surface area contributed by atoms with Gasteiger partial charge in [-0.3, -0.25) is 9.69 Å². The zero-order valence-electron chi connectivity index (χ0n) is 15.5. The zero-order valence-corrected chi connectivity index (χ0v) is 15.5. The Morgan fingerprint density at radius 1 is 1.19 bits per heavy atom. The molecule has 1 fully saturated rings. The Hall–Kier alpha value is -2.34. The zero-order chi connectivity index (χ0) is 18.7. The summed E-state index contributed by atoms with van der Waals surface area (Å²) >= 11 is 0. The van der Waals surface area contributed by atoms with E-state index in [1.807, 2.05) is 13.8 Å². The fourth-order valence-electron chi connectivity index (χ4n) is 3.26. The molecule has 0 N–H and O–H groups in total. The Kier molecular flexibility index (Phi) is 5.61. The first-order valence-corrected chi connectivity index (χ1v) is 8.89. The van der Waals surface area contributed by atoms with Crippen molar-refractivity contribution in [2.75, 3.05) is 33.3 Å². The van der Waals surface area contributed by atoms with Gasteiger partial charge in [-0.1, -0.05) is 0 Å². The number of halogens is 1. The van der Waals surface area contributed by atoms with Gasteiger partial charge in [0.2, 0.25) is 0 Å². The summed E-state index contributed by atoms with van der Waals surface area (Å²) in [6.45, 7) is 7.70. The summed E-state index contributed by atoms with van der Waals surface area (Å²) in [6.07, 6.45) is 0.878. The van der Waals surface area contributed by atoms with Crippen molar-refractivity contribution in [1.29, 1.82) is 0 Å². The molecule has 1 aromatic carbocycles. The molecular formula is C20H25FN2O3. The maximum atomic E-state index is 13.9. The van der Waals surface area contributed by atoms with Gasteiger partial charge in [-0.05, 0) is 50.1 Å². The van der Waals surface area contributed by atoms with Crippen molar-refractivity contribution in [2.45, 2.75) is 26.8 Å². The molecule has 0 saturated carbocycles. The number of carbonyl (C=O) groups excluding carboxylic acids is 1. The average molecular weight is 360 g/mol. The molecule has 0 unspecified atom stereocenters. The lowest BCUT2D eigenvalue weighted by Crippen LogP contribution is -2.35. The number of ether oxygens (including phenoxy) is 1. The Balaban J connectivity index is 1.62. The van der Waals surface area contributed by atoms with Gasteiger partial charge in [0.25, 0.3) is 5.91 Å². The minimum absolute atomic E-state index is 0.141. The molecule has 2 aromatic rings. The van der Waals surface area contributed by atoms with Crippen LogP contribution in [-0.2, 0) is 6.54 Å². The number of hydrogen-bond acceptors (Lipinski definition) is 4. The quantitative estimate of drug-likeness (QED) is 0.838. The first-order chi connectivity index (χ1) is 12.5. The molecule has 26 heavy (non-hydrogen) atoms. The molecular weight excluding hydrogens is 335 g/mol. The lowest BCUT2D eigenvalue weighted by atomic mass is 10.1. The molecule has 0 atom stereocenters. The molecule has 0 spiro atoms. The third-order valence-corrected chi connectivity index (χ3v) is 4.87. The molecule has 1 aromatic heterocycles. The van der Waals surface area contributed by atoms with E-state index in [1.165, 1.54) is 19.2 Å². The van der Waals surface area contributed by atoms with Crippen LogP contribution < -0.4 is 4.74 Å². The van der Waals surface area contributed by atoms with E-state index in [0.29, 0.717) is 18.7 Å². The van der Waals surface area contributed by atoms with Crippen molar-refractivity contribution in [3.63, 3.8) is 0 Å². The van der Waals surface area contributed by atoms with Crippen molar-refractivity contribution in [3.05, 3.63) is 52.7 Å². The maximum absolute atomic E-state index is 13.9. The Labute approximate surface area is 153 Å². The molecule has 1 aliphatic rings. The van der Waals surface area contributed by atoms with Crippen molar-refractivity contribution >= 4 is 5.91 Å². The molecule has 0 radical (unpaired) electrons. The average Bonchev–Trinajstić information content (AvgIpc) is 2.81. The van der Waals surface area contributed by atoms with Crippen LogP contribution in [0, 0.1) is 19.7 Å². The highest BCUT2D eigenvalue weighted by molar-refractivity contribution is 5.94. The number of hydrogen-bond donors (Lipinski definition) is 0. The minimum Gasteiger partial charge on any atom is -0.494 e. The fraction of sp³-hybridized carbons (Fsp3) is 0.450. The van der Waals surface area contributed by atoms with Gasteiger partial charge in [0.1, 0.15) is 11.5 Å². The summed E-state index contributed by atoms with van der Waals surface area (Å²) in [7, 11) is 1.41. The number of amides is 1. The Morgan fingerprint density at radius 3 is 2.65 bits per heavy atom. The van der Waals surface area contributed by atoms with Crippen LogP contribution in [0.1, 0.15) is 33.9 Å². The highest BCUT2D eigenvalue weighted by atomic mass is 19.1. The molecule has 1 amide bonds. The second-order valence-electron chi connectivity index (χ2n) is 6.72. The summed E-state index contributed by atoms with van der Waals surface area (Å²) in [5.74, 6) is 1.40. The van der Waals surface area contributed by atoms with E-state index in [0.717, 1.165) is 43.1 Å². The molecule has 6 heteroatoms. The van der Waals surface area contributed by atoms with Crippen LogP contribution in [0.3, 0.4) is 0 Å². The summed E-state index contributed by atoms with van der Waals surface area (Å²) in [5.41, 5.74) is 1.52. The molecule has 140 valence electrons. The maximum Gasteiger partial charge on any atom is 0.254 e. The lowest BCUT2D eigenvalue weighted by molar-refractivity contribution is 0.0760. The van der Waals surface area contributed by atoms with Gasteiger partial charge in [0.05, 0.1) is 13.7 Å². The first-order valence-electron chi connectivity index (χ1n) is 8.89. The predicted octanol–water partition coefficient (Wildman–Crippen LogP) is 3.39. The predicted molar refractivity (Wildman–Crippen MR) is 96.9 cm³/mol. The lowest BCUT2D eigenvalue weighted by Gasteiger charge is -2.21. The minimum atomic E-state index is -0.515. The van der Waals surface area contributed by atoms with Crippen LogP contribution in [0.2, 0.25) is 0 Å². The van der Waals surface area contributed by atoms with E-state index < -0.39 is 5.82 Å². The van der Waals surface area contributed by atoms with Crippen LogP contribution in [0.4, 0.5) is 4.39 Å². The smallest absolute Gasteiger partial charge is 0.254 e. The second kappa shape index (κ2) is 7.91. The molecule has 5 nitrogen and oxygen atoms in total. The van der Waals surface area contributed by atoms with E-state index in [4.69, 9.17) is 9.15 Å². The number of rotatable bonds is 4. The highest BCUT2D eigenvalue weighted by Gasteiger charge is 2.22. The van der Waals surface area contributed by atoms with Crippen molar-refractivity contribution in [2.24, 2.45) is 0 Å². The first kappa shape index (κ1) is 18.5. The molecule has 2 heterocycles. The van der Waals surface area contributed by atoms with E-state index in [1.54, 1.807) is 11.0 Å². The summed E-state index contributed by atoms with van der Waals surface area (Å²) < 4.78 is 24.6. The standard InChI is InChI=1S/C20H25FN2O3/c1-14-11-17(26-15(14)2)13-22-7-4-8-23(10-9-22)20(24)16-5-6-19(25-3)18(21)12-16/h5-6,11-12H,4,7-10,13H2,1-3H3. The van der Waals surface area contributed by atoms with Crippen LogP contribution in [0.5, 0.6) is 5.75 Å². The second-order valence-corrected chi connectivity index (χ2v) is 6.72. The molecule has 1 saturated heterocycles. The largest absolute Gasteiger partial charge is 0.494 e.